The van der Waals surface area contributed by atoms with Crippen LogP contribution in [0.2, 0.25) is 0 Å². The highest BCUT2D eigenvalue weighted by molar-refractivity contribution is 6.01. The number of piperidine rings is 1. The molecule has 1 amide bonds. The molecule has 1 aliphatic heterocycles. The second-order valence-corrected chi connectivity index (χ2v) is 7.18. The average molecular weight is 327 g/mol. The molecule has 1 saturated heterocycles. The van der Waals surface area contributed by atoms with Gasteiger partial charge in [0.1, 0.15) is 5.75 Å². The van der Waals surface area contributed by atoms with E-state index in [2.05, 4.69) is 12.4 Å². The Balaban J connectivity index is 1.56. The molecule has 24 heavy (non-hydrogen) atoms. The van der Waals surface area contributed by atoms with Crippen LogP contribution < -0.4 is 5.32 Å². The smallest absolute Gasteiger partial charge is 0.255 e. The molecule has 1 aliphatic rings. The van der Waals surface area contributed by atoms with Crippen molar-refractivity contribution in [3.05, 3.63) is 42.0 Å². The monoisotopic (exact) mass is 327 g/mol. The van der Waals surface area contributed by atoms with Crippen molar-refractivity contribution in [3.8, 4) is 5.75 Å². The number of hydrogen-bond acceptors (Lipinski definition) is 2. The second-order valence-electron chi connectivity index (χ2n) is 7.18. The van der Waals surface area contributed by atoms with Gasteiger partial charge in [0.25, 0.3) is 5.91 Å². The van der Waals surface area contributed by atoms with Crippen LogP contribution in [0.5, 0.6) is 5.75 Å². The summed E-state index contributed by atoms with van der Waals surface area (Å²) in [5.41, 5.74) is 0.354. The van der Waals surface area contributed by atoms with Gasteiger partial charge in [-0.15, -0.1) is 0 Å². The Bertz CT molecular complexity index is 721. The molecule has 0 unspecified atom stereocenters. The van der Waals surface area contributed by atoms with Gasteiger partial charge in [0.05, 0.1) is 32.2 Å². The number of nitrogens with zero attached hydrogens (tertiary/aromatic N) is 1. The van der Waals surface area contributed by atoms with Gasteiger partial charge in [0.15, 0.2) is 0 Å². The molecule has 0 spiro atoms. The van der Waals surface area contributed by atoms with Crippen LogP contribution in [0.1, 0.15) is 36.0 Å². The van der Waals surface area contributed by atoms with Gasteiger partial charge in [0, 0.05) is 13.0 Å². The Hall–Kier alpha value is -2.07. The molecule has 1 fully saturated rings. The lowest BCUT2D eigenvalue weighted by molar-refractivity contribution is -0.914. The van der Waals surface area contributed by atoms with Crippen molar-refractivity contribution in [2.24, 2.45) is 0 Å². The minimum atomic E-state index is -0.195. The van der Waals surface area contributed by atoms with Crippen molar-refractivity contribution in [1.29, 1.82) is 0 Å². The summed E-state index contributed by atoms with van der Waals surface area (Å²) in [7, 11) is 2.32. The van der Waals surface area contributed by atoms with Crippen LogP contribution in [-0.4, -0.2) is 48.7 Å². The summed E-state index contributed by atoms with van der Waals surface area (Å²) in [5.74, 6) is -0.152. The van der Waals surface area contributed by atoms with Gasteiger partial charge in [-0.1, -0.05) is 24.3 Å². The molecule has 2 aromatic carbocycles. The molecule has 0 atom stereocenters. The van der Waals surface area contributed by atoms with Gasteiger partial charge in [-0.2, -0.15) is 0 Å². The quantitative estimate of drug-likeness (QED) is 0.654. The van der Waals surface area contributed by atoms with Crippen LogP contribution in [0.15, 0.2) is 36.4 Å². The van der Waals surface area contributed by atoms with Crippen molar-refractivity contribution in [1.82, 2.24) is 5.32 Å². The number of likely N-dealkylation sites (tertiary alicyclic amines) is 1. The van der Waals surface area contributed by atoms with Gasteiger partial charge < -0.3 is 14.9 Å². The Morgan fingerprint density at radius 2 is 1.79 bits per heavy atom. The highest BCUT2D eigenvalue weighted by Crippen LogP contribution is 2.24. The Labute approximate surface area is 143 Å². The minimum Gasteiger partial charge on any atom is -0.507 e. The third kappa shape index (κ3) is 3.88. The molecule has 128 valence electrons. The molecule has 2 aromatic rings. The van der Waals surface area contributed by atoms with E-state index in [-0.39, 0.29) is 11.7 Å². The van der Waals surface area contributed by atoms with Crippen LogP contribution in [0.4, 0.5) is 0 Å². The summed E-state index contributed by atoms with van der Waals surface area (Å²) in [6.45, 7) is 4.25. The van der Waals surface area contributed by atoms with E-state index in [1.54, 1.807) is 12.1 Å². The van der Waals surface area contributed by atoms with Crippen LogP contribution in [-0.2, 0) is 0 Å². The van der Waals surface area contributed by atoms with E-state index < -0.39 is 0 Å². The first kappa shape index (κ1) is 16.8. The van der Waals surface area contributed by atoms with E-state index in [1.165, 1.54) is 32.4 Å². The molecule has 2 N–H and O–H groups in total. The number of fused-ring (bicyclic) bond motifs is 1. The Kier molecular flexibility index (Phi) is 5.05. The normalized spacial score (nSPS) is 16.9. The van der Waals surface area contributed by atoms with Crippen molar-refractivity contribution in [2.75, 3.05) is 33.2 Å². The lowest BCUT2D eigenvalue weighted by Crippen LogP contribution is -2.49. The van der Waals surface area contributed by atoms with E-state index >= 15 is 0 Å². The highest BCUT2D eigenvalue weighted by atomic mass is 16.3. The van der Waals surface area contributed by atoms with Crippen LogP contribution in [0, 0.1) is 0 Å². The fourth-order valence-corrected chi connectivity index (χ4v) is 3.67. The number of nitrogens with one attached hydrogen (secondary N) is 1. The number of phenols is 1. The fourth-order valence-electron chi connectivity index (χ4n) is 3.67. The number of rotatable bonds is 5. The molecule has 0 aliphatic carbocycles. The topological polar surface area (TPSA) is 49.3 Å². The van der Waals surface area contributed by atoms with E-state index in [4.69, 9.17) is 0 Å². The number of aromatic hydroxyl groups is 1. The van der Waals surface area contributed by atoms with Crippen molar-refractivity contribution in [3.63, 3.8) is 0 Å². The van der Waals surface area contributed by atoms with Gasteiger partial charge in [0.2, 0.25) is 0 Å². The maximum atomic E-state index is 12.4. The molecule has 3 rings (SSSR count). The van der Waals surface area contributed by atoms with E-state index in [0.717, 1.165) is 28.2 Å². The molecule has 0 saturated carbocycles. The predicted octanol–water partition coefficient (Wildman–Crippen LogP) is 3.30. The molecular formula is C20H27N2O2+. The first-order chi connectivity index (χ1) is 11.6. The molecule has 0 bridgehead atoms. The Morgan fingerprint density at radius 3 is 2.50 bits per heavy atom. The summed E-state index contributed by atoms with van der Waals surface area (Å²) >= 11 is 0. The maximum absolute atomic E-state index is 12.4. The SMILES string of the molecule is C[N+]1(CCCNC(=O)c2cc3ccccc3cc2O)CCCCC1. The summed E-state index contributed by atoms with van der Waals surface area (Å²) in [6.07, 6.45) is 4.95. The maximum Gasteiger partial charge on any atom is 0.255 e. The first-order valence-corrected chi connectivity index (χ1v) is 8.91. The third-order valence-corrected chi connectivity index (χ3v) is 5.16. The molecule has 0 radical (unpaired) electrons. The van der Waals surface area contributed by atoms with Crippen LogP contribution in [0.3, 0.4) is 0 Å². The van der Waals surface area contributed by atoms with Gasteiger partial charge in [-0.25, -0.2) is 0 Å². The van der Waals surface area contributed by atoms with Gasteiger partial charge in [-0.3, -0.25) is 4.79 Å². The average Bonchev–Trinajstić information content (AvgIpc) is 2.58. The fraction of sp³-hybridized carbons (Fsp3) is 0.450. The minimum absolute atomic E-state index is 0.0428. The number of hydrogen-bond donors (Lipinski definition) is 2. The number of quaternary nitrogens is 1. The molecule has 4 nitrogen and oxygen atoms in total. The molecule has 1 heterocycles. The van der Waals surface area contributed by atoms with Crippen molar-refractivity contribution in [2.45, 2.75) is 25.7 Å². The summed E-state index contributed by atoms with van der Waals surface area (Å²) in [5, 5.41) is 15.0. The van der Waals surface area contributed by atoms with Crippen LogP contribution in [0.25, 0.3) is 10.8 Å². The summed E-state index contributed by atoms with van der Waals surface area (Å²) in [4.78, 5) is 12.4. The molecular weight excluding hydrogens is 300 g/mol. The van der Waals surface area contributed by atoms with E-state index in [9.17, 15) is 9.90 Å². The van der Waals surface area contributed by atoms with Gasteiger partial charge in [-0.05, 0) is 42.2 Å². The number of amides is 1. The zero-order valence-corrected chi connectivity index (χ0v) is 14.4. The standard InChI is InChI=1S/C20H26N2O2/c1-22(11-5-2-6-12-22)13-7-10-21-20(24)18-14-16-8-3-4-9-17(16)15-19(18)23/h3-4,8-9,14-15H,2,5-7,10-13H2,1H3,(H-,21,23,24)/p+1. The molecule has 0 aromatic heterocycles. The number of phenolic OH excluding ortho intramolecular Hbond substituents is 1. The zero-order valence-electron chi connectivity index (χ0n) is 14.4. The van der Waals surface area contributed by atoms with Crippen LogP contribution >= 0.6 is 0 Å². The highest BCUT2D eigenvalue weighted by Gasteiger charge is 2.23. The Morgan fingerprint density at radius 1 is 1.12 bits per heavy atom. The first-order valence-electron chi connectivity index (χ1n) is 8.91. The third-order valence-electron chi connectivity index (χ3n) is 5.16. The van der Waals surface area contributed by atoms with Crippen molar-refractivity contribution < 1.29 is 14.4 Å². The largest absolute Gasteiger partial charge is 0.507 e. The summed E-state index contributed by atoms with van der Waals surface area (Å²) in [6, 6.07) is 11.2. The lowest BCUT2D eigenvalue weighted by atomic mass is 10.1. The predicted molar refractivity (Wildman–Crippen MR) is 97.2 cm³/mol. The number of carbonyl (C=O) groups is 1. The second kappa shape index (κ2) is 7.22. The van der Waals surface area contributed by atoms with Gasteiger partial charge >= 0.3 is 0 Å². The van der Waals surface area contributed by atoms with E-state index in [1.807, 2.05) is 24.3 Å². The number of carbonyl (C=O) groups excluding carboxylic acids is 1. The lowest BCUT2D eigenvalue weighted by Gasteiger charge is -2.37. The zero-order chi connectivity index (χ0) is 17.0. The molecule has 4 heteroatoms. The van der Waals surface area contributed by atoms with Crippen molar-refractivity contribution >= 4 is 16.7 Å². The van der Waals surface area contributed by atoms with E-state index in [0.29, 0.717) is 12.1 Å². The summed E-state index contributed by atoms with van der Waals surface area (Å²) < 4.78 is 1.12. The number of benzene rings is 2.